The van der Waals surface area contributed by atoms with Gasteiger partial charge in [0.05, 0.1) is 11.3 Å². The second kappa shape index (κ2) is 9.09. The van der Waals surface area contributed by atoms with E-state index in [4.69, 9.17) is 4.74 Å². The number of sulfonamides is 1. The molecule has 0 aromatic heterocycles. The molecule has 0 saturated carbocycles. The molecule has 3 rings (SSSR count). The van der Waals surface area contributed by atoms with E-state index in [-0.39, 0.29) is 55.5 Å². The molecule has 0 radical (unpaired) electrons. The van der Waals surface area contributed by atoms with E-state index in [1.54, 1.807) is 23.1 Å². The first-order valence-electron chi connectivity index (χ1n) is 9.95. The lowest BCUT2D eigenvalue weighted by Crippen LogP contribution is -2.51. The van der Waals surface area contributed by atoms with Crippen LogP contribution in [0.2, 0.25) is 0 Å². The van der Waals surface area contributed by atoms with E-state index in [2.05, 4.69) is 6.08 Å². The van der Waals surface area contributed by atoms with Crippen molar-refractivity contribution in [2.24, 2.45) is 5.92 Å². The summed E-state index contributed by atoms with van der Waals surface area (Å²) in [7, 11) is -3.59. The fourth-order valence-corrected chi connectivity index (χ4v) is 5.08. The molecule has 1 aliphatic carbocycles. The molecular formula is C21H28N2O5S. The molecule has 0 unspecified atom stereocenters. The molecule has 158 valence electrons. The van der Waals surface area contributed by atoms with E-state index in [0.29, 0.717) is 6.42 Å². The summed E-state index contributed by atoms with van der Waals surface area (Å²) in [5, 5.41) is 0. The zero-order chi connectivity index (χ0) is 21.0. The number of rotatable bonds is 6. The molecule has 8 heteroatoms. The predicted octanol–water partition coefficient (Wildman–Crippen LogP) is 2.04. The highest BCUT2D eigenvalue weighted by Gasteiger charge is 2.30. The van der Waals surface area contributed by atoms with Crippen LogP contribution >= 0.6 is 0 Å². The highest BCUT2D eigenvalue weighted by Crippen LogP contribution is 2.22. The standard InChI is InChI=1S/C21H28N2O5S/c1-16-7-8-19(13-17(16)2)29(26,27)23-11-9-22(10-12-23)20(24)15-28-21(25)14-18-5-3-4-6-18/h3,5,7-8,13,18H,4,6,9-12,14-15H2,1-2H3/t18-/m0/s1. The van der Waals surface area contributed by atoms with Crippen molar-refractivity contribution in [1.29, 1.82) is 0 Å². The van der Waals surface area contributed by atoms with Gasteiger partial charge in [-0.15, -0.1) is 0 Å². The smallest absolute Gasteiger partial charge is 0.306 e. The van der Waals surface area contributed by atoms with Crippen LogP contribution in [0.3, 0.4) is 0 Å². The average Bonchev–Trinajstić information content (AvgIpc) is 3.21. The van der Waals surface area contributed by atoms with Crippen molar-refractivity contribution in [3.63, 3.8) is 0 Å². The first-order chi connectivity index (χ1) is 13.8. The van der Waals surface area contributed by atoms with E-state index in [0.717, 1.165) is 24.0 Å². The van der Waals surface area contributed by atoms with Crippen LogP contribution in [-0.2, 0) is 24.3 Å². The molecule has 29 heavy (non-hydrogen) atoms. The molecule has 1 aliphatic heterocycles. The summed E-state index contributed by atoms with van der Waals surface area (Å²) in [6, 6.07) is 5.10. The maximum Gasteiger partial charge on any atom is 0.306 e. The van der Waals surface area contributed by atoms with Crippen molar-refractivity contribution in [2.45, 2.75) is 38.0 Å². The molecule has 7 nitrogen and oxygen atoms in total. The van der Waals surface area contributed by atoms with Gasteiger partial charge in [-0.1, -0.05) is 18.2 Å². The number of aryl methyl sites for hydroxylation is 2. The summed E-state index contributed by atoms with van der Waals surface area (Å²) in [5.41, 5.74) is 1.97. The number of piperazine rings is 1. The second-order valence-corrected chi connectivity index (χ2v) is 9.60. The second-order valence-electron chi connectivity index (χ2n) is 7.66. The quantitative estimate of drug-likeness (QED) is 0.519. The van der Waals surface area contributed by atoms with Crippen molar-refractivity contribution >= 4 is 21.9 Å². The van der Waals surface area contributed by atoms with Crippen molar-refractivity contribution < 1.29 is 22.7 Å². The topological polar surface area (TPSA) is 84.0 Å². The maximum atomic E-state index is 12.9. The summed E-state index contributed by atoms with van der Waals surface area (Å²) < 4.78 is 32.2. The molecule has 2 aliphatic rings. The Morgan fingerprint density at radius 1 is 1.10 bits per heavy atom. The summed E-state index contributed by atoms with van der Waals surface area (Å²) in [5.74, 6) is -0.453. The normalized spacial score (nSPS) is 20.1. The van der Waals surface area contributed by atoms with Crippen molar-refractivity contribution in [3.8, 4) is 0 Å². The molecule has 1 aromatic carbocycles. The Morgan fingerprint density at radius 2 is 1.83 bits per heavy atom. The number of hydrogen-bond acceptors (Lipinski definition) is 5. The van der Waals surface area contributed by atoms with Crippen LogP contribution < -0.4 is 0 Å². The number of benzene rings is 1. The van der Waals surface area contributed by atoms with Crippen molar-refractivity contribution in [1.82, 2.24) is 9.21 Å². The molecule has 0 bridgehead atoms. The Kier molecular flexibility index (Phi) is 6.74. The van der Waals surface area contributed by atoms with E-state index in [1.165, 1.54) is 4.31 Å². The fraction of sp³-hybridized carbons (Fsp3) is 0.524. The predicted molar refractivity (Wildman–Crippen MR) is 109 cm³/mol. The fourth-order valence-electron chi connectivity index (χ4n) is 3.57. The molecular weight excluding hydrogens is 392 g/mol. The number of amides is 1. The van der Waals surface area contributed by atoms with Crippen LogP contribution in [0.4, 0.5) is 0 Å². The lowest BCUT2D eigenvalue weighted by molar-refractivity contribution is -0.153. The average molecular weight is 421 g/mol. The first-order valence-corrected chi connectivity index (χ1v) is 11.4. The minimum absolute atomic E-state index is 0.205. The Bertz CT molecular complexity index is 902. The van der Waals surface area contributed by atoms with Crippen LogP contribution in [0.1, 0.15) is 30.4 Å². The van der Waals surface area contributed by atoms with Gasteiger partial charge in [0.15, 0.2) is 6.61 Å². The number of nitrogens with zero attached hydrogens (tertiary/aromatic N) is 2. The van der Waals surface area contributed by atoms with Crippen LogP contribution in [0.15, 0.2) is 35.2 Å². The van der Waals surface area contributed by atoms with E-state index < -0.39 is 10.0 Å². The third kappa shape index (κ3) is 5.25. The lowest BCUT2D eigenvalue weighted by atomic mass is 10.1. The molecule has 0 N–H and O–H groups in total. The van der Waals surface area contributed by atoms with Gasteiger partial charge in [-0.2, -0.15) is 4.31 Å². The molecule has 1 atom stereocenters. The number of ether oxygens (including phenoxy) is 1. The van der Waals surface area contributed by atoms with Crippen LogP contribution in [0, 0.1) is 19.8 Å². The third-order valence-corrected chi connectivity index (χ3v) is 7.50. The zero-order valence-corrected chi connectivity index (χ0v) is 17.8. The minimum Gasteiger partial charge on any atom is -0.456 e. The first kappa shape index (κ1) is 21.5. The molecule has 1 heterocycles. The third-order valence-electron chi connectivity index (χ3n) is 5.61. The Morgan fingerprint density at radius 3 is 2.45 bits per heavy atom. The largest absolute Gasteiger partial charge is 0.456 e. The number of hydrogen-bond donors (Lipinski definition) is 0. The summed E-state index contributed by atoms with van der Waals surface area (Å²) in [6.07, 6.45) is 6.28. The molecule has 1 amide bonds. The summed E-state index contributed by atoms with van der Waals surface area (Å²) >= 11 is 0. The molecule has 1 saturated heterocycles. The van der Waals surface area contributed by atoms with Gasteiger partial charge in [0.2, 0.25) is 10.0 Å². The van der Waals surface area contributed by atoms with E-state index in [1.807, 2.05) is 19.9 Å². The van der Waals surface area contributed by atoms with Gasteiger partial charge in [0, 0.05) is 26.2 Å². The molecule has 1 fully saturated rings. The Hall–Kier alpha value is -2.19. The minimum atomic E-state index is -3.59. The maximum absolute atomic E-state index is 12.9. The molecule has 1 aromatic rings. The van der Waals surface area contributed by atoms with Crippen LogP contribution in [0.25, 0.3) is 0 Å². The number of esters is 1. The zero-order valence-electron chi connectivity index (χ0n) is 17.0. The van der Waals surface area contributed by atoms with Gasteiger partial charge < -0.3 is 9.64 Å². The number of carbonyl (C=O) groups is 2. The van der Waals surface area contributed by atoms with Gasteiger partial charge in [-0.25, -0.2) is 8.42 Å². The monoisotopic (exact) mass is 420 g/mol. The lowest BCUT2D eigenvalue weighted by Gasteiger charge is -2.34. The van der Waals surface area contributed by atoms with Gasteiger partial charge in [-0.05, 0) is 55.9 Å². The van der Waals surface area contributed by atoms with Crippen LogP contribution in [-0.4, -0.2) is 62.3 Å². The van der Waals surface area contributed by atoms with E-state index >= 15 is 0 Å². The van der Waals surface area contributed by atoms with Gasteiger partial charge in [0.25, 0.3) is 5.91 Å². The van der Waals surface area contributed by atoms with Crippen molar-refractivity contribution in [2.75, 3.05) is 32.8 Å². The Labute approximate surface area is 172 Å². The number of allylic oxidation sites excluding steroid dienone is 2. The van der Waals surface area contributed by atoms with Crippen LogP contribution in [0.5, 0.6) is 0 Å². The van der Waals surface area contributed by atoms with E-state index in [9.17, 15) is 18.0 Å². The van der Waals surface area contributed by atoms with Gasteiger partial charge >= 0.3 is 5.97 Å². The molecule has 0 spiro atoms. The summed E-state index contributed by atoms with van der Waals surface area (Å²) in [4.78, 5) is 26.0. The highest BCUT2D eigenvalue weighted by molar-refractivity contribution is 7.89. The SMILES string of the molecule is Cc1ccc(S(=O)(=O)N2CCN(C(=O)COC(=O)C[C@H]3C=CCC3)CC2)cc1C. The highest BCUT2D eigenvalue weighted by atomic mass is 32.2. The van der Waals surface area contributed by atoms with Crippen molar-refractivity contribution in [3.05, 3.63) is 41.5 Å². The Balaban J connectivity index is 1.49. The summed E-state index contributed by atoms with van der Waals surface area (Å²) in [6.45, 7) is 4.54. The van der Waals surface area contributed by atoms with Gasteiger partial charge in [-0.3, -0.25) is 9.59 Å². The van der Waals surface area contributed by atoms with Gasteiger partial charge in [0.1, 0.15) is 0 Å². The number of carbonyl (C=O) groups excluding carboxylic acids is 2.